The van der Waals surface area contributed by atoms with E-state index in [2.05, 4.69) is 13.2 Å². The van der Waals surface area contributed by atoms with Gasteiger partial charge in [-0.05, 0) is 46.0 Å². The Hall–Kier alpha value is -2.19. The molecule has 7 atom stereocenters. The first kappa shape index (κ1) is 29.4. The normalized spacial score (nSPS) is 31.8. The van der Waals surface area contributed by atoms with Gasteiger partial charge in [0.15, 0.2) is 0 Å². The number of aliphatic hydroxyl groups is 1. The zero-order valence-electron chi connectivity index (χ0n) is 23.6. The predicted molar refractivity (Wildman–Crippen MR) is 144 cm³/mol. The molecule has 0 saturated carbocycles. The van der Waals surface area contributed by atoms with Crippen molar-refractivity contribution in [2.45, 2.75) is 96.6 Å². The number of carbonyl (C=O) groups excluding carboxylic acids is 3. The van der Waals surface area contributed by atoms with Gasteiger partial charge in [-0.3, -0.25) is 14.4 Å². The monoisotopic (exact) mass is 517 g/mol. The highest BCUT2D eigenvalue weighted by atomic mass is 16.5. The van der Waals surface area contributed by atoms with E-state index in [0.29, 0.717) is 32.5 Å². The van der Waals surface area contributed by atoms with E-state index < -0.39 is 35.1 Å². The second kappa shape index (κ2) is 11.3. The lowest BCUT2D eigenvalue weighted by Crippen LogP contribution is -2.60. The zero-order valence-corrected chi connectivity index (χ0v) is 23.6. The third-order valence-corrected chi connectivity index (χ3v) is 8.95. The van der Waals surface area contributed by atoms with Crippen molar-refractivity contribution in [3.8, 4) is 0 Å². The van der Waals surface area contributed by atoms with Crippen LogP contribution >= 0.6 is 0 Å². The summed E-state index contributed by atoms with van der Waals surface area (Å²) in [6, 6.07) is -1.57. The molecule has 0 aromatic heterocycles. The van der Waals surface area contributed by atoms with Gasteiger partial charge in [0, 0.05) is 25.7 Å². The van der Waals surface area contributed by atoms with Crippen LogP contribution in [0.2, 0.25) is 0 Å². The number of nitrogens with zero attached hydrogens (tertiary/aromatic N) is 3. The van der Waals surface area contributed by atoms with Crippen molar-refractivity contribution in [2.75, 3.05) is 26.2 Å². The van der Waals surface area contributed by atoms with Crippen LogP contribution in [-0.2, 0) is 19.1 Å². The number of hydrogen-bond donors (Lipinski definition) is 1. The molecular formula is C29H47N3O5. The molecule has 3 amide bonds. The van der Waals surface area contributed by atoms with E-state index >= 15 is 0 Å². The fourth-order valence-corrected chi connectivity index (χ4v) is 6.96. The Balaban J connectivity index is 2.18. The van der Waals surface area contributed by atoms with E-state index in [0.717, 1.165) is 12.8 Å². The lowest BCUT2D eigenvalue weighted by molar-refractivity contribution is -0.158. The molecule has 3 saturated heterocycles. The average molecular weight is 518 g/mol. The maximum atomic E-state index is 14.4. The summed E-state index contributed by atoms with van der Waals surface area (Å²) < 4.78 is 6.77. The second-order valence-corrected chi connectivity index (χ2v) is 11.6. The van der Waals surface area contributed by atoms with Crippen molar-refractivity contribution in [1.29, 1.82) is 0 Å². The minimum absolute atomic E-state index is 0.0364. The van der Waals surface area contributed by atoms with E-state index in [4.69, 9.17) is 4.74 Å². The van der Waals surface area contributed by atoms with Gasteiger partial charge in [0.2, 0.25) is 17.7 Å². The Morgan fingerprint density at radius 2 is 1.81 bits per heavy atom. The molecule has 2 bridgehead atoms. The SMILES string of the molecule is C=CCN(CCC)C(=O)[C@@H]1[C@H]2C(=O)N([C@@H](CO)[C@@H](C)CC)C(C(=O)N(CC=C)C(C)C)C23CC[C@@]1(C)O3. The highest BCUT2D eigenvalue weighted by Gasteiger charge is 2.79. The van der Waals surface area contributed by atoms with Crippen LogP contribution in [0.3, 0.4) is 0 Å². The molecule has 3 aliphatic rings. The number of amides is 3. The molecule has 37 heavy (non-hydrogen) atoms. The molecule has 0 radical (unpaired) electrons. The van der Waals surface area contributed by atoms with E-state index in [-0.39, 0.29) is 36.3 Å². The van der Waals surface area contributed by atoms with Gasteiger partial charge >= 0.3 is 0 Å². The largest absolute Gasteiger partial charge is 0.394 e. The Kier molecular flexibility index (Phi) is 8.95. The van der Waals surface area contributed by atoms with Crippen molar-refractivity contribution < 1.29 is 24.2 Å². The van der Waals surface area contributed by atoms with Gasteiger partial charge in [-0.15, -0.1) is 13.2 Å². The maximum Gasteiger partial charge on any atom is 0.248 e. The van der Waals surface area contributed by atoms with Crippen LogP contribution in [-0.4, -0.2) is 93.1 Å². The van der Waals surface area contributed by atoms with Crippen molar-refractivity contribution in [1.82, 2.24) is 14.7 Å². The Labute approximate surface area is 222 Å². The summed E-state index contributed by atoms with van der Waals surface area (Å²) in [7, 11) is 0. The number of fused-ring (bicyclic) bond motifs is 1. The highest BCUT2D eigenvalue weighted by Crippen LogP contribution is 2.64. The number of carbonyl (C=O) groups is 3. The van der Waals surface area contributed by atoms with Gasteiger partial charge in [0.25, 0.3) is 0 Å². The zero-order chi connectivity index (χ0) is 27.7. The number of likely N-dealkylation sites (tertiary alicyclic amines) is 1. The first-order valence-corrected chi connectivity index (χ1v) is 13.9. The Morgan fingerprint density at radius 3 is 2.32 bits per heavy atom. The van der Waals surface area contributed by atoms with Crippen LogP contribution in [0, 0.1) is 17.8 Å². The van der Waals surface area contributed by atoms with Crippen molar-refractivity contribution in [3.05, 3.63) is 25.3 Å². The molecule has 0 aromatic carbocycles. The molecule has 0 aromatic rings. The fraction of sp³-hybridized carbons (Fsp3) is 0.759. The summed E-state index contributed by atoms with van der Waals surface area (Å²) in [5.74, 6) is -2.08. The van der Waals surface area contributed by atoms with Gasteiger partial charge < -0.3 is 24.5 Å². The van der Waals surface area contributed by atoms with Crippen LogP contribution in [0.1, 0.15) is 67.2 Å². The summed E-state index contributed by atoms with van der Waals surface area (Å²) in [4.78, 5) is 47.8. The smallest absolute Gasteiger partial charge is 0.248 e. The standard InChI is InChI=1S/C29H47N3O5/c1-9-15-30(16-10-2)25(34)22-23-26(35)32(21(18-33)20(7)12-4)24(27(36)31(17-11-3)19(5)6)29(23)14-13-28(22,8)37-29/h9,11,19-24,33H,1,3,10,12-18H2,2,4-8H3/t20-,21-,22-,23-,24?,28+,29?/m0/s1. The van der Waals surface area contributed by atoms with Crippen molar-refractivity contribution in [2.24, 2.45) is 17.8 Å². The molecule has 208 valence electrons. The molecule has 8 nitrogen and oxygen atoms in total. The first-order valence-electron chi connectivity index (χ1n) is 13.9. The Bertz CT molecular complexity index is 906. The first-order chi connectivity index (χ1) is 17.5. The lowest BCUT2D eigenvalue weighted by Gasteiger charge is -2.42. The maximum absolute atomic E-state index is 14.4. The summed E-state index contributed by atoms with van der Waals surface area (Å²) >= 11 is 0. The minimum Gasteiger partial charge on any atom is -0.394 e. The summed E-state index contributed by atoms with van der Waals surface area (Å²) in [6.07, 6.45) is 6.02. The molecule has 0 aliphatic carbocycles. The molecule has 3 aliphatic heterocycles. The van der Waals surface area contributed by atoms with Crippen LogP contribution in [0.4, 0.5) is 0 Å². The van der Waals surface area contributed by atoms with Gasteiger partial charge in [0.05, 0.1) is 30.1 Å². The van der Waals surface area contributed by atoms with Crippen LogP contribution in [0.15, 0.2) is 25.3 Å². The number of hydrogen-bond acceptors (Lipinski definition) is 5. The molecular weight excluding hydrogens is 470 g/mol. The number of aliphatic hydroxyl groups excluding tert-OH is 1. The van der Waals surface area contributed by atoms with Crippen LogP contribution in [0.5, 0.6) is 0 Å². The van der Waals surface area contributed by atoms with Gasteiger partial charge in [-0.2, -0.15) is 0 Å². The van der Waals surface area contributed by atoms with E-state index in [9.17, 15) is 19.5 Å². The van der Waals surface area contributed by atoms with Gasteiger partial charge in [0.1, 0.15) is 11.6 Å². The predicted octanol–water partition coefficient (Wildman–Crippen LogP) is 3.01. The topological polar surface area (TPSA) is 90.4 Å². The number of rotatable bonds is 13. The number of ether oxygens (including phenoxy) is 1. The lowest BCUT2D eigenvalue weighted by atomic mass is 9.66. The third-order valence-electron chi connectivity index (χ3n) is 8.95. The fourth-order valence-electron chi connectivity index (χ4n) is 6.96. The molecule has 3 heterocycles. The van der Waals surface area contributed by atoms with E-state index in [1.54, 1.807) is 26.9 Å². The van der Waals surface area contributed by atoms with Crippen molar-refractivity contribution >= 4 is 17.7 Å². The molecule has 1 N–H and O–H groups in total. The van der Waals surface area contributed by atoms with Crippen LogP contribution in [0.25, 0.3) is 0 Å². The Morgan fingerprint density at radius 1 is 1.16 bits per heavy atom. The molecule has 8 heteroatoms. The third kappa shape index (κ3) is 4.65. The van der Waals surface area contributed by atoms with Crippen molar-refractivity contribution in [3.63, 3.8) is 0 Å². The van der Waals surface area contributed by atoms with Crippen LogP contribution < -0.4 is 0 Å². The van der Waals surface area contributed by atoms with Gasteiger partial charge in [-0.25, -0.2) is 0 Å². The summed E-state index contributed by atoms with van der Waals surface area (Å²) in [6.45, 7) is 20.5. The summed E-state index contributed by atoms with van der Waals surface area (Å²) in [5, 5.41) is 10.5. The van der Waals surface area contributed by atoms with Gasteiger partial charge in [-0.1, -0.05) is 39.3 Å². The highest BCUT2D eigenvalue weighted by molar-refractivity contribution is 5.99. The van der Waals surface area contributed by atoms with E-state index in [1.807, 2.05) is 41.5 Å². The molecule has 2 unspecified atom stereocenters. The molecule has 3 fully saturated rings. The quantitative estimate of drug-likeness (QED) is 0.379. The summed E-state index contributed by atoms with van der Waals surface area (Å²) in [5.41, 5.74) is -1.94. The van der Waals surface area contributed by atoms with E-state index in [1.165, 1.54) is 0 Å². The second-order valence-electron chi connectivity index (χ2n) is 11.6. The minimum atomic E-state index is -1.11. The molecule has 3 rings (SSSR count). The average Bonchev–Trinajstić information content (AvgIpc) is 3.42. The molecule has 1 spiro atoms.